The van der Waals surface area contributed by atoms with Crippen LogP contribution in [0.4, 0.5) is 4.39 Å². The molecular formula is C19H20FN. The molecule has 21 heavy (non-hydrogen) atoms. The van der Waals surface area contributed by atoms with Gasteiger partial charge in [-0.2, -0.15) is 0 Å². The Labute approximate surface area is 125 Å². The van der Waals surface area contributed by atoms with E-state index in [1.165, 1.54) is 16.7 Å². The zero-order valence-electron chi connectivity index (χ0n) is 12.5. The predicted molar refractivity (Wildman–Crippen MR) is 86.5 cm³/mol. The third-order valence-electron chi connectivity index (χ3n) is 3.91. The van der Waals surface area contributed by atoms with Crippen LogP contribution in [-0.4, -0.2) is 6.04 Å². The summed E-state index contributed by atoms with van der Waals surface area (Å²) in [6.45, 7) is 4.21. The molecule has 0 saturated heterocycles. The summed E-state index contributed by atoms with van der Waals surface area (Å²) in [4.78, 5) is 0. The number of aryl methyl sites for hydroxylation is 2. The molecule has 3 rings (SSSR count). The molecular weight excluding hydrogens is 261 g/mol. The van der Waals surface area contributed by atoms with Crippen LogP contribution in [-0.2, 0) is 0 Å². The van der Waals surface area contributed by atoms with Crippen LogP contribution in [0.3, 0.4) is 0 Å². The molecule has 1 N–H and O–H groups in total. The molecule has 1 aliphatic carbocycles. The van der Waals surface area contributed by atoms with E-state index in [4.69, 9.17) is 0 Å². The Hall–Kier alpha value is -2.09. The molecule has 0 saturated carbocycles. The van der Waals surface area contributed by atoms with Gasteiger partial charge in [0.1, 0.15) is 5.83 Å². The van der Waals surface area contributed by atoms with Crippen molar-refractivity contribution in [3.63, 3.8) is 0 Å². The summed E-state index contributed by atoms with van der Waals surface area (Å²) in [5.74, 6) is -0.0925. The molecule has 0 bridgehead atoms. The molecule has 2 heteroatoms. The van der Waals surface area contributed by atoms with E-state index >= 15 is 0 Å². The number of halogens is 1. The maximum atomic E-state index is 14.0. The lowest BCUT2D eigenvalue weighted by Crippen LogP contribution is -2.27. The van der Waals surface area contributed by atoms with Gasteiger partial charge in [-0.05, 0) is 62.3 Å². The standard InChI is InChI=1S/C19H20FN/c1-13-9-14(2)11-16(10-13)15-7-8-21-19(12-15)17-5-3-4-6-18(17)20/h5-12,19,21H,3-4H2,1-2H3. The lowest BCUT2D eigenvalue weighted by molar-refractivity contribution is 0.605. The smallest absolute Gasteiger partial charge is 0.124 e. The van der Waals surface area contributed by atoms with E-state index in [-0.39, 0.29) is 11.9 Å². The van der Waals surface area contributed by atoms with Gasteiger partial charge in [-0.3, -0.25) is 0 Å². The fourth-order valence-electron chi connectivity index (χ4n) is 2.98. The average Bonchev–Trinajstić information content (AvgIpc) is 2.47. The van der Waals surface area contributed by atoms with Crippen molar-refractivity contribution >= 4 is 5.57 Å². The second-order valence-corrected chi connectivity index (χ2v) is 5.76. The lowest BCUT2D eigenvalue weighted by Gasteiger charge is -2.23. The molecule has 0 aromatic heterocycles. The van der Waals surface area contributed by atoms with E-state index in [2.05, 4.69) is 49.5 Å². The minimum atomic E-state index is -0.0925. The highest BCUT2D eigenvalue weighted by molar-refractivity contribution is 5.76. The number of dihydropyridines is 1. The molecule has 1 unspecified atom stereocenters. The number of allylic oxidation sites excluding steroid dienone is 4. The molecule has 0 fully saturated rings. The lowest BCUT2D eigenvalue weighted by atomic mass is 9.92. The van der Waals surface area contributed by atoms with E-state index in [1.807, 2.05) is 12.3 Å². The molecule has 0 spiro atoms. The molecule has 1 heterocycles. The highest BCUT2D eigenvalue weighted by atomic mass is 19.1. The summed E-state index contributed by atoms with van der Waals surface area (Å²) < 4.78 is 14.0. The minimum absolute atomic E-state index is 0.0811. The van der Waals surface area contributed by atoms with Crippen molar-refractivity contribution in [3.8, 4) is 0 Å². The van der Waals surface area contributed by atoms with Gasteiger partial charge in [0, 0.05) is 5.57 Å². The van der Waals surface area contributed by atoms with Crippen LogP contribution in [0.1, 0.15) is 29.5 Å². The topological polar surface area (TPSA) is 12.0 Å². The SMILES string of the molecule is Cc1cc(C)cc(C2=CC(C3=CCCC=C3F)NC=C2)c1. The van der Waals surface area contributed by atoms with Crippen molar-refractivity contribution in [3.05, 3.63) is 76.8 Å². The third kappa shape index (κ3) is 2.99. The average molecular weight is 281 g/mol. The van der Waals surface area contributed by atoms with E-state index < -0.39 is 0 Å². The van der Waals surface area contributed by atoms with Crippen LogP contribution in [0.15, 0.2) is 60.1 Å². The van der Waals surface area contributed by atoms with Gasteiger partial charge in [0.05, 0.1) is 6.04 Å². The van der Waals surface area contributed by atoms with Crippen molar-refractivity contribution in [1.82, 2.24) is 5.32 Å². The van der Waals surface area contributed by atoms with Crippen LogP contribution in [0, 0.1) is 13.8 Å². The predicted octanol–water partition coefficient (Wildman–Crippen LogP) is 4.75. The maximum Gasteiger partial charge on any atom is 0.124 e. The van der Waals surface area contributed by atoms with Crippen LogP contribution in [0.25, 0.3) is 5.57 Å². The zero-order chi connectivity index (χ0) is 14.8. The summed E-state index contributed by atoms with van der Waals surface area (Å²) in [6, 6.07) is 6.43. The van der Waals surface area contributed by atoms with Gasteiger partial charge in [-0.1, -0.05) is 35.4 Å². The van der Waals surface area contributed by atoms with Gasteiger partial charge in [0.2, 0.25) is 0 Å². The first-order valence-corrected chi connectivity index (χ1v) is 7.42. The monoisotopic (exact) mass is 281 g/mol. The molecule has 1 aliphatic heterocycles. The van der Waals surface area contributed by atoms with E-state index in [0.717, 1.165) is 24.0 Å². The Bertz CT molecular complexity index is 657. The largest absolute Gasteiger partial charge is 0.380 e. The Morgan fingerprint density at radius 3 is 2.48 bits per heavy atom. The van der Waals surface area contributed by atoms with Gasteiger partial charge in [-0.25, -0.2) is 4.39 Å². The summed E-state index contributed by atoms with van der Waals surface area (Å²) in [5.41, 5.74) is 5.59. The number of hydrogen-bond acceptors (Lipinski definition) is 1. The van der Waals surface area contributed by atoms with Crippen molar-refractivity contribution < 1.29 is 4.39 Å². The van der Waals surface area contributed by atoms with Gasteiger partial charge in [0.15, 0.2) is 0 Å². The Morgan fingerprint density at radius 1 is 1.05 bits per heavy atom. The van der Waals surface area contributed by atoms with Crippen molar-refractivity contribution in [1.29, 1.82) is 0 Å². The van der Waals surface area contributed by atoms with Gasteiger partial charge in [0.25, 0.3) is 0 Å². The fourth-order valence-corrected chi connectivity index (χ4v) is 2.98. The molecule has 1 aromatic carbocycles. The fraction of sp³-hybridized carbons (Fsp3) is 0.263. The quantitative estimate of drug-likeness (QED) is 0.825. The van der Waals surface area contributed by atoms with Crippen molar-refractivity contribution in [2.45, 2.75) is 32.7 Å². The van der Waals surface area contributed by atoms with E-state index in [9.17, 15) is 4.39 Å². The molecule has 108 valence electrons. The van der Waals surface area contributed by atoms with Crippen LogP contribution in [0.2, 0.25) is 0 Å². The van der Waals surface area contributed by atoms with Crippen molar-refractivity contribution in [2.75, 3.05) is 0 Å². The molecule has 0 radical (unpaired) electrons. The number of nitrogens with one attached hydrogen (secondary N) is 1. The number of benzene rings is 1. The number of hydrogen-bond donors (Lipinski definition) is 1. The normalized spacial score (nSPS) is 21.3. The van der Waals surface area contributed by atoms with Crippen LogP contribution < -0.4 is 5.32 Å². The van der Waals surface area contributed by atoms with Gasteiger partial charge < -0.3 is 5.32 Å². The first kappa shape index (κ1) is 13.9. The third-order valence-corrected chi connectivity index (χ3v) is 3.91. The molecule has 1 nitrogen and oxygen atoms in total. The van der Waals surface area contributed by atoms with Crippen molar-refractivity contribution in [2.24, 2.45) is 0 Å². The Kier molecular flexibility index (Phi) is 3.78. The minimum Gasteiger partial charge on any atom is -0.380 e. The molecule has 2 aliphatic rings. The second-order valence-electron chi connectivity index (χ2n) is 5.76. The van der Waals surface area contributed by atoms with Crippen LogP contribution in [0.5, 0.6) is 0 Å². The van der Waals surface area contributed by atoms with Crippen LogP contribution >= 0.6 is 0 Å². The Balaban J connectivity index is 1.94. The van der Waals surface area contributed by atoms with Gasteiger partial charge in [-0.15, -0.1) is 0 Å². The molecule has 1 atom stereocenters. The maximum absolute atomic E-state index is 14.0. The summed E-state index contributed by atoms with van der Waals surface area (Å²) in [7, 11) is 0. The summed E-state index contributed by atoms with van der Waals surface area (Å²) in [5, 5.41) is 3.24. The zero-order valence-corrected chi connectivity index (χ0v) is 12.5. The first-order valence-electron chi connectivity index (χ1n) is 7.42. The Morgan fingerprint density at radius 2 is 1.76 bits per heavy atom. The summed E-state index contributed by atoms with van der Waals surface area (Å²) >= 11 is 0. The first-order chi connectivity index (χ1) is 10.1. The van der Waals surface area contributed by atoms with E-state index in [1.54, 1.807) is 6.08 Å². The molecule has 0 amide bonds. The second kappa shape index (κ2) is 5.72. The van der Waals surface area contributed by atoms with E-state index in [0.29, 0.717) is 0 Å². The number of rotatable bonds is 2. The molecule has 1 aromatic rings. The highest BCUT2D eigenvalue weighted by Crippen LogP contribution is 2.28. The highest BCUT2D eigenvalue weighted by Gasteiger charge is 2.19. The summed E-state index contributed by atoms with van der Waals surface area (Å²) in [6.07, 6.45) is 11.5. The van der Waals surface area contributed by atoms with Gasteiger partial charge >= 0.3 is 0 Å².